The van der Waals surface area contributed by atoms with E-state index in [2.05, 4.69) is 20.4 Å². The van der Waals surface area contributed by atoms with Gasteiger partial charge in [-0.05, 0) is 38.3 Å². The molecule has 1 N–H and O–H groups in total. The van der Waals surface area contributed by atoms with Crippen molar-refractivity contribution in [3.05, 3.63) is 65.4 Å². The van der Waals surface area contributed by atoms with Gasteiger partial charge in [0, 0.05) is 12.1 Å². The lowest BCUT2D eigenvalue weighted by Crippen LogP contribution is -2.22. The van der Waals surface area contributed by atoms with Gasteiger partial charge < -0.3 is 5.32 Å². The summed E-state index contributed by atoms with van der Waals surface area (Å²) in [7, 11) is 0. The van der Waals surface area contributed by atoms with Gasteiger partial charge in [-0.2, -0.15) is 31.4 Å². The first-order valence-corrected chi connectivity index (χ1v) is 10.4. The van der Waals surface area contributed by atoms with Gasteiger partial charge in [0.25, 0.3) is 0 Å². The van der Waals surface area contributed by atoms with Gasteiger partial charge in [-0.25, -0.2) is 9.97 Å². The van der Waals surface area contributed by atoms with Crippen LogP contribution in [0.5, 0.6) is 0 Å². The van der Waals surface area contributed by atoms with E-state index in [9.17, 15) is 26.3 Å². The van der Waals surface area contributed by atoms with Gasteiger partial charge in [-0.15, -0.1) is 0 Å². The van der Waals surface area contributed by atoms with Crippen LogP contribution >= 0.6 is 0 Å². The fourth-order valence-electron chi connectivity index (χ4n) is 3.53. The number of hydrogen-bond acceptors (Lipinski definition) is 4. The van der Waals surface area contributed by atoms with Crippen LogP contribution in [0.25, 0.3) is 5.57 Å². The normalized spacial score (nSPS) is 18.0. The topological polar surface area (TPSA) is 55.6 Å². The minimum atomic E-state index is -4.58. The summed E-state index contributed by atoms with van der Waals surface area (Å²) in [5.74, 6) is 0.165. The zero-order valence-electron chi connectivity index (χ0n) is 18.0. The maximum Gasteiger partial charge on any atom is 0.434 e. The zero-order valence-corrected chi connectivity index (χ0v) is 18.0. The van der Waals surface area contributed by atoms with E-state index in [-0.39, 0.29) is 18.3 Å². The fourth-order valence-corrected chi connectivity index (χ4v) is 3.53. The SMILES string of the molecule is C\C=C/C(=C\C(=C\CC)C(F)(F)F)c1cc2n(n1)CCCC2Nc1cnc(C(F)(F)F)cn1. The molecule has 178 valence electrons. The monoisotopic (exact) mass is 471 g/mol. The Hall–Kier alpha value is -3.11. The third-order valence-corrected chi connectivity index (χ3v) is 5.00. The zero-order chi connectivity index (χ0) is 24.2. The van der Waals surface area contributed by atoms with E-state index < -0.39 is 23.6 Å². The van der Waals surface area contributed by atoms with Crippen LogP contribution in [0.3, 0.4) is 0 Å². The smallest absolute Gasteiger partial charge is 0.360 e. The lowest BCUT2D eigenvalue weighted by Gasteiger charge is -2.24. The van der Waals surface area contributed by atoms with Crippen LogP contribution in [0.2, 0.25) is 0 Å². The number of nitrogens with one attached hydrogen (secondary N) is 1. The molecule has 1 aliphatic rings. The third kappa shape index (κ3) is 6.02. The number of fused-ring (bicyclic) bond motifs is 1. The largest absolute Gasteiger partial charge is 0.434 e. The van der Waals surface area contributed by atoms with Crippen LogP contribution in [0, 0.1) is 0 Å². The van der Waals surface area contributed by atoms with Crippen LogP contribution in [-0.4, -0.2) is 25.9 Å². The van der Waals surface area contributed by atoms with Crippen molar-refractivity contribution >= 4 is 11.4 Å². The molecule has 0 aliphatic carbocycles. The van der Waals surface area contributed by atoms with Crippen LogP contribution in [0.1, 0.15) is 56.2 Å². The number of hydrogen-bond donors (Lipinski definition) is 1. The maximum absolute atomic E-state index is 13.4. The summed E-state index contributed by atoms with van der Waals surface area (Å²) >= 11 is 0. The molecular weight excluding hydrogens is 448 g/mol. The molecule has 2 aromatic rings. The van der Waals surface area contributed by atoms with Crippen molar-refractivity contribution in [1.29, 1.82) is 0 Å². The van der Waals surface area contributed by atoms with Crippen LogP contribution in [0.15, 0.2) is 48.3 Å². The second kappa shape index (κ2) is 9.80. The highest BCUT2D eigenvalue weighted by atomic mass is 19.4. The van der Waals surface area contributed by atoms with E-state index in [1.165, 1.54) is 0 Å². The summed E-state index contributed by atoms with van der Waals surface area (Å²) in [4.78, 5) is 7.19. The van der Waals surface area contributed by atoms with Crippen molar-refractivity contribution in [3.8, 4) is 0 Å². The van der Waals surface area contributed by atoms with Crippen molar-refractivity contribution in [3.63, 3.8) is 0 Å². The predicted octanol–water partition coefficient (Wildman–Crippen LogP) is 6.50. The Labute approximate surface area is 186 Å². The Kier molecular flexibility index (Phi) is 7.28. The highest BCUT2D eigenvalue weighted by Gasteiger charge is 2.34. The van der Waals surface area contributed by atoms with E-state index >= 15 is 0 Å². The van der Waals surface area contributed by atoms with Crippen LogP contribution in [0.4, 0.5) is 32.2 Å². The van der Waals surface area contributed by atoms with Gasteiger partial charge in [0.15, 0.2) is 5.69 Å². The number of allylic oxidation sites excluding steroid dienone is 6. The second-order valence-corrected chi connectivity index (χ2v) is 7.47. The minimum Gasteiger partial charge on any atom is -0.360 e. The number of aromatic nitrogens is 4. The number of anilines is 1. The van der Waals surface area contributed by atoms with E-state index in [0.29, 0.717) is 36.1 Å². The number of nitrogens with zero attached hydrogens (tertiary/aromatic N) is 4. The molecule has 0 fully saturated rings. The number of aryl methyl sites for hydroxylation is 1. The quantitative estimate of drug-likeness (QED) is 0.386. The number of halogens is 6. The molecule has 3 rings (SSSR count). The first kappa shape index (κ1) is 24.5. The Balaban J connectivity index is 1.91. The molecule has 2 aromatic heterocycles. The molecule has 0 radical (unpaired) electrons. The average molecular weight is 471 g/mol. The van der Waals surface area contributed by atoms with Gasteiger partial charge in [0.1, 0.15) is 5.82 Å². The first-order valence-electron chi connectivity index (χ1n) is 10.4. The highest BCUT2D eigenvalue weighted by molar-refractivity contribution is 5.74. The number of rotatable bonds is 6. The summed E-state index contributed by atoms with van der Waals surface area (Å²) in [6.07, 6.45) is -0.413. The molecule has 11 heteroatoms. The molecule has 0 spiro atoms. The van der Waals surface area contributed by atoms with Crippen molar-refractivity contribution in [2.24, 2.45) is 0 Å². The Morgan fingerprint density at radius 1 is 1.18 bits per heavy atom. The van der Waals surface area contributed by atoms with Crippen molar-refractivity contribution in [2.75, 3.05) is 5.32 Å². The molecule has 1 atom stereocenters. The summed E-state index contributed by atoms with van der Waals surface area (Å²) in [6, 6.07) is 1.37. The summed E-state index contributed by atoms with van der Waals surface area (Å²) < 4.78 is 80.0. The molecular formula is C22H23F6N5. The van der Waals surface area contributed by atoms with Gasteiger partial charge in [-0.3, -0.25) is 4.68 Å². The van der Waals surface area contributed by atoms with Gasteiger partial charge >= 0.3 is 12.4 Å². The van der Waals surface area contributed by atoms with Gasteiger partial charge in [0.05, 0.1) is 35.4 Å². The molecule has 0 saturated heterocycles. The van der Waals surface area contributed by atoms with Crippen molar-refractivity contribution in [1.82, 2.24) is 19.7 Å². The van der Waals surface area contributed by atoms with Crippen molar-refractivity contribution < 1.29 is 26.3 Å². The van der Waals surface area contributed by atoms with E-state index in [4.69, 9.17) is 0 Å². The van der Waals surface area contributed by atoms with E-state index in [1.807, 2.05) is 0 Å². The van der Waals surface area contributed by atoms with Gasteiger partial charge in [0.2, 0.25) is 0 Å². The minimum absolute atomic E-state index is 0.165. The number of alkyl halides is 6. The third-order valence-electron chi connectivity index (χ3n) is 5.00. The molecule has 3 heterocycles. The molecule has 0 aromatic carbocycles. The van der Waals surface area contributed by atoms with E-state index in [0.717, 1.165) is 24.8 Å². The summed E-state index contributed by atoms with van der Waals surface area (Å²) in [6.45, 7) is 3.91. The first-order chi connectivity index (χ1) is 15.5. The second-order valence-electron chi connectivity index (χ2n) is 7.47. The van der Waals surface area contributed by atoms with Crippen LogP contribution < -0.4 is 5.32 Å². The lowest BCUT2D eigenvalue weighted by atomic mass is 10.0. The Bertz CT molecular complexity index is 1040. The molecule has 1 unspecified atom stereocenters. The van der Waals surface area contributed by atoms with Gasteiger partial charge in [-0.1, -0.05) is 25.2 Å². The predicted molar refractivity (Wildman–Crippen MR) is 112 cm³/mol. The fraction of sp³-hybridized carbons (Fsp3) is 0.409. The van der Waals surface area contributed by atoms with Crippen LogP contribution in [-0.2, 0) is 12.7 Å². The van der Waals surface area contributed by atoms with E-state index in [1.54, 1.807) is 36.7 Å². The Morgan fingerprint density at radius 3 is 2.52 bits per heavy atom. The standard InChI is InChI=1S/C22H23F6N5/c1-3-6-14(10-15(7-4-2)21(23,24)25)17-11-18-16(8-5-9-33(18)32-17)31-20-13-29-19(12-30-20)22(26,27)28/h3,6-7,10-13,16H,4-5,8-9H2,1-2H3,(H,30,31)/b6-3-,14-10+,15-7-. The lowest BCUT2D eigenvalue weighted by molar-refractivity contribution is -0.141. The molecule has 0 saturated carbocycles. The molecule has 33 heavy (non-hydrogen) atoms. The molecule has 1 aliphatic heterocycles. The molecule has 0 amide bonds. The Morgan fingerprint density at radius 2 is 1.94 bits per heavy atom. The highest BCUT2D eigenvalue weighted by Crippen LogP contribution is 2.34. The van der Waals surface area contributed by atoms with Crippen molar-refractivity contribution in [2.45, 2.75) is 58.0 Å². The summed E-state index contributed by atoms with van der Waals surface area (Å²) in [5.41, 5.74) is -0.447. The molecule has 0 bridgehead atoms. The molecule has 5 nitrogen and oxygen atoms in total. The average Bonchev–Trinajstić information content (AvgIpc) is 3.17. The summed E-state index contributed by atoms with van der Waals surface area (Å²) in [5, 5.41) is 7.54. The maximum atomic E-state index is 13.4.